The Morgan fingerprint density at radius 1 is 0.387 bits per heavy atom. The molecule has 0 aliphatic carbocycles. The Kier molecular flexibility index (Phi) is 92.4. The third-order valence-corrected chi connectivity index (χ3v) is 15.3. The molecule has 0 aliphatic rings. The summed E-state index contributed by atoms with van der Waals surface area (Å²) in [6.07, 6.45) is 4.87. The summed E-state index contributed by atoms with van der Waals surface area (Å²) in [4.78, 5) is 42.2. The predicted molar refractivity (Wildman–Crippen MR) is 418 cm³/mol. The van der Waals surface area contributed by atoms with Crippen LogP contribution in [-0.2, 0) is 46.9 Å². The van der Waals surface area contributed by atoms with E-state index in [0.717, 1.165) is 29.4 Å². The van der Waals surface area contributed by atoms with Crippen LogP contribution in [0.2, 0.25) is 0 Å². The minimum absolute atomic E-state index is 0. The van der Waals surface area contributed by atoms with Gasteiger partial charge in [-0.05, 0) is 109 Å². The van der Waals surface area contributed by atoms with E-state index in [0.29, 0.717) is 10.8 Å². The summed E-state index contributed by atoms with van der Waals surface area (Å²) >= 11 is 0. The average molecular weight is 1340 g/mol. The second-order valence-corrected chi connectivity index (χ2v) is 27.6. The number of hydrogen-bond acceptors (Lipinski definition) is 8. The zero-order chi connectivity index (χ0) is 74.6. The van der Waals surface area contributed by atoms with Crippen molar-refractivity contribution in [2.75, 3.05) is 6.26 Å². The van der Waals surface area contributed by atoms with Crippen LogP contribution in [0.25, 0.3) is 0 Å². The lowest BCUT2D eigenvalue weighted by Gasteiger charge is -2.06. The highest BCUT2D eigenvalue weighted by Crippen LogP contribution is 2.14. The molecule has 8 nitrogen and oxygen atoms in total. The van der Waals surface area contributed by atoms with Gasteiger partial charge < -0.3 is 0 Å². The molecule has 0 N–H and O–H groups in total. The van der Waals surface area contributed by atoms with Crippen molar-refractivity contribution < 1.29 is 36.0 Å². The van der Waals surface area contributed by atoms with Gasteiger partial charge >= 0.3 is 0 Å². The topological polar surface area (TPSA) is 137 Å². The number of hydrogen-bond donors (Lipinski definition) is 0. The lowest BCUT2D eigenvalue weighted by atomic mass is 10.0. The van der Waals surface area contributed by atoms with Gasteiger partial charge in [0.2, 0.25) is 0 Å². The average Bonchev–Trinajstić information content (AvgIpc) is 0.937. The van der Waals surface area contributed by atoms with E-state index in [1.54, 1.807) is 78.8 Å². The largest absolute Gasteiger partial charge is 0.300 e. The summed E-state index contributed by atoms with van der Waals surface area (Å²) in [7, 11) is -5.82. The third kappa shape index (κ3) is 84.2. The zero-order valence-corrected chi connectivity index (χ0v) is 67.0. The van der Waals surface area contributed by atoms with Gasteiger partial charge in [0.15, 0.2) is 15.6 Å². The molecule has 0 radical (unpaired) electrons. The van der Waals surface area contributed by atoms with E-state index < -0.39 is 19.7 Å². The molecule has 5 aromatic rings. The Labute approximate surface area is 579 Å². The van der Waals surface area contributed by atoms with Crippen molar-refractivity contribution in [1.82, 2.24) is 0 Å². The Morgan fingerprint density at radius 2 is 0.645 bits per heavy atom. The number of carbonyl (C=O) groups is 4. The van der Waals surface area contributed by atoms with Crippen molar-refractivity contribution in [3.05, 3.63) is 174 Å². The van der Waals surface area contributed by atoms with Gasteiger partial charge in [-0.25, -0.2) is 16.8 Å². The van der Waals surface area contributed by atoms with E-state index in [4.69, 9.17) is 0 Å². The van der Waals surface area contributed by atoms with E-state index in [2.05, 4.69) is 122 Å². The molecule has 93 heavy (non-hydrogen) atoms. The second kappa shape index (κ2) is 76.9. The van der Waals surface area contributed by atoms with Gasteiger partial charge in [-0.15, -0.1) is 0 Å². The zero-order valence-electron chi connectivity index (χ0n) is 65.3. The SMILES string of the molecule is C.CC.CC.CC.CC.CC.CC(=O)C(C)C.CC(=O)C(C)C.CC(=O)C(C)C.CC(C)C#Cc1ccccc1.CC(C)C(=O)c1ccccc1.CC(C)Cc1ccccc1.CC(C)S(=O)(=O)c1ccccc1.CC(C)S(C)(=O)=O.CCC(C)C.CCc1ccccc1. The first-order chi connectivity index (χ1) is 42.9. The van der Waals surface area contributed by atoms with Gasteiger partial charge in [0, 0.05) is 47.0 Å². The van der Waals surface area contributed by atoms with E-state index in [1.807, 2.05) is 191 Å². The molecule has 0 atom stereocenters. The quantitative estimate of drug-likeness (QED) is 0.0890. The molecule has 0 bridgehead atoms. The molecule has 0 amide bonds. The van der Waals surface area contributed by atoms with Gasteiger partial charge in [-0.3, -0.25) is 19.2 Å². The van der Waals surface area contributed by atoms with Crippen LogP contribution in [0, 0.1) is 53.3 Å². The summed E-state index contributed by atoms with van der Waals surface area (Å²) in [5, 5.41) is -0.576. The molecule has 0 aromatic heterocycles. The van der Waals surface area contributed by atoms with Crippen molar-refractivity contribution >= 4 is 42.8 Å². The van der Waals surface area contributed by atoms with Crippen molar-refractivity contribution in [3.8, 4) is 11.8 Å². The molecule has 0 saturated carbocycles. The molecule has 538 valence electrons. The smallest absolute Gasteiger partial charge is 0.180 e. The van der Waals surface area contributed by atoms with Crippen molar-refractivity contribution in [1.29, 1.82) is 0 Å². The van der Waals surface area contributed by atoms with Gasteiger partial charge in [-0.2, -0.15) is 0 Å². The molecule has 5 rings (SSSR count). The maximum absolute atomic E-state index is 11.5. The highest BCUT2D eigenvalue weighted by atomic mass is 32.2. The van der Waals surface area contributed by atoms with Gasteiger partial charge in [0.25, 0.3) is 0 Å². The van der Waals surface area contributed by atoms with Crippen molar-refractivity contribution in [2.24, 2.45) is 41.4 Å². The maximum Gasteiger partial charge on any atom is 0.180 e. The van der Waals surface area contributed by atoms with Gasteiger partial charge in [0.05, 0.1) is 15.4 Å². The first kappa shape index (κ1) is 112. The minimum Gasteiger partial charge on any atom is -0.300 e. The van der Waals surface area contributed by atoms with E-state index in [1.165, 1.54) is 30.2 Å². The van der Waals surface area contributed by atoms with E-state index >= 15 is 0 Å². The predicted octanol–water partition coefficient (Wildman–Crippen LogP) is 24.2. The standard InChI is InChI=1S/C11H12.C10H12O.C10H14.C9H12O2S.C8H10.3C5H10O.C5H12.C4H10O2S.5C2H6.CH4/c1-10(2)8-9-11-6-4-3-5-7-11;1-8(2)10(11)9-6-4-3-5-7-9;1-9(2)8-10-6-4-3-5-7-10;1-8(2)12(10,11)9-6-4-3-5-7-9;1-2-8-6-4-3-5-7-8;3*1-4(2)5(3)6;1-4-5(2)3;1-4(2)7(3,5)6;5*1-2;/h3-7,10H,1-2H3;3-8H,1-2H3;3-7,9H,8H2,1-2H3;3-8H,1-2H3;3-7H,2H2,1H3;3*4H,1-3H3;5H,4H2,1-3H3;4H,1-3H3;5*1-2H3;1H4. The van der Waals surface area contributed by atoms with Crippen LogP contribution in [0.15, 0.2) is 157 Å². The summed E-state index contributed by atoms with van der Waals surface area (Å²) < 4.78 is 43.7. The van der Waals surface area contributed by atoms with E-state index in [9.17, 15) is 36.0 Å². The highest BCUT2D eigenvalue weighted by molar-refractivity contribution is 7.92. The highest BCUT2D eigenvalue weighted by Gasteiger charge is 2.17. The Morgan fingerprint density at radius 3 is 0.849 bits per heavy atom. The molecule has 0 aliphatic heterocycles. The monoisotopic (exact) mass is 1340 g/mol. The normalized spacial score (nSPS) is 9.28. The molecule has 0 heterocycles. The first-order valence-corrected chi connectivity index (χ1v) is 37.6. The Bertz CT molecular complexity index is 2580. The summed E-state index contributed by atoms with van der Waals surface area (Å²) in [6.45, 7) is 64.1. The molecule has 0 unspecified atom stereocenters. The van der Waals surface area contributed by atoms with Crippen LogP contribution in [-0.4, -0.2) is 56.7 Å². The Balaban J connectivity index is -0.0000000887. The fourth-order valence-corrected chi connectivity index (χ4v) is 5.45. The van der Waals surface area contributed by atoms with Crippen LogP contribution >= 0.6 is 0 Å². The van der Waals surface area contributed by atoms with Crippen LogP contribution in [0.1, 0.15) is 269 Å². The van der Waals surface area contributed by atoms with Crippen LogP contribution in [0.3, 0.4) is 0 Å². The third-order valence-electron chi connectivity index (χ3n) is 11.4. The lowest BCUT2D eigenvalue weighted by Crippen LogP contribution is -2.13. The number of aryl methyl sites for hydroxylation is 1. The van der Waals surface area contributed by atoms with Crippen LogP contribution in [0.5, 0.6) is 0 Å². The maximum atomic E-state index is 11.5. The molecule has 10 heteroatoms. The fraction of sp³-hybridized carbons (Fsp3) is 0.566. The summed E-state index contributed by atoms with van der Waals surface area (Å²) in [6, 6.07) is 49.0. The number of Topliss-reactive ketones (excluding diaryl/α,β-unsaturated/α-hetero) is 4. The lowest BCUT2D eigenvalue weighted by molar-refractivity contribution is -0.120. The fourth-order valence-electron chi connectivity index (χ4n) is 4.37. The number of ketones is 4. The summed E-state index contributed by atoms with van der Waals surface area (Å²) in [5.41, 5.74) is 4.76. The number of carbonyl (C=O) groups excluding carboxylic acids is 4. The Hall–Kier alpha value is -5.76. The summed E-state index contributed by atoms with van der Waals surface area (Å²) in [5.74, 6) is 10.0. The van der Waals surface area contributed by atoms with Gasteiger partial charge in [0.1, 0.15) is 27.2 Å². The van der Waals surface area contributed by atoms with Crippen LogP contribution < -0.4 is 0 Å². The minimum atomic E-state index is -3.08. The van der Waals surface area contributed by atoms with Gasteiger partial charge in [-0.1, -0.05) is 333 Å². The first-order valence-electron chi connectivity index (χ1n) is 34.1. The molecule has 0 fully saturated rings. The molecule has 5 aromatic carbocycles. The van der Waals surface area contributed by atoms with E-state index in [-0.39, 0.29) is 64.7 Å². The molecule has 0 saturated heterocycles. The van der Waals surface area contributed by atoms with Crippen LogP contribution in [0.4, 0.5) is 0 Å². The number of sulfone groups is 2. The molecular weight excluding hydrogens is 1190 g/mol. The second-order valence-electron chi connectivity index (χ2n) is 22.5. The number of benzene rings is 5. The van der Waals surface area contributed by atoms with Crippen molar-refractivity contribution in [2.45, 2.75) is 271 Å². The molecule has 0 spiro atoms. The molecular formula is C83H146O8S2. The number of rotatable bonds is 12. The van der Waals surface area contributed by atoms with Crippen molar-refractivity contribution in [3.63, 3.8) is 0 Å².